The zero-order valence-electron chi connectivity index (χ0n) is 16.4. The normalized spacial score (nSPS) is 18.4. The molecule has 0 aliphatic carbocycles. The van der Waals surface area contributed by atoms with Gasteiger partial charge in [0.1, 0.15) is 5.75 Å². The summed E-state index contributed by atoms with van der Waals surface area (Å²) >= 11 is 0. The highest BCUT2D eigenvalue weighted by Gasteiger charge is 2.42. The van der Waals surface area contributed by atoms with E-state index in [4.69, 9.17) is 4.74 Å². The number of hydrogen-bond donors (Lipinski definition) is 2. The molecule has 2 aromatic heterocycles. The number of pyridine rings is 1. The minimum Gasteiger partial charge on any atom is -0.495 e. The molecule has 0 bridgehead atoms. The second-order valence-corrected chi connectivity index (χ2v) is 7.08. The third-order valence-electron chi connectivity index (χ3n) is 5.10. The van der Waals surface area contributed by atoms with Crippen LogP contribution >= 0.6 is 0 Å². The number of likely N-dealkylation sites (tertiary alicyclic amines) is 1. The number of benzene rings is 1. The summed E-state index contributed by atoms with van der Waals surface area (Å²) in [7, 11) is 3.13. The van der Waals surface area contributed by atoms with Gasteiger partial charge in [-0.25, -0.2) is 9.78 Å². The van der Waals surface area contributed by atoms with Crippen molar-refractivity contribution < 1.29 is 24.5 Å². The smallest absolute Gasteiger partial charge is 0.372 e. The van der Waals surface area contributed by atoms with E-state index in [0.29, 0.717) is 34.6 Å². The van der Waals surface area contributed by atoms with Gasteiger partial charge in [-0.1, -0.05) is 24.0 Å². The van der Waals surface area contributed by atoms with Gasteiger partial charge in [-0.05, 0) is 24.3 Å². The lowest BCUT2D eigenvalue weighted by atomic mass is 10.0. The molecule has 0 radical (unpaired) electrons. The molecular formula is C22H19N3O5. The van der Waals surface area contributed by atoms with Crippen molar-refractivity contribution in [3.05, 3.63) is 54.0 Å². The lowest BCUT2D eigenvalue weighted by Crippen LogP contribution is -2.37. The molecule has 30 heavy (non-hydrogen) atoms. The van der Waals surface area contributed by atoms with Gasteiger partial charge >= 0.3 is 5.97 Å². The average molecular weight is 405 g/mol. The maximum atomic E-state index is 12.1. The number of imidazole rings is 1. The summed E-state index contributed by atoms with van der Waals surface area (Å²) in [5.41, 5.74) is 0.645. The minimum atomic E-state index is -1.68. The van der Waals surface area contributed by atoms with Gasteiger partial charge < -0.3 is 19.8 Å². The number of carboxylic acid groups (broad SMARTS) is 1. The van der Waals surface area contributed by atoms with Crippen molar-refractivity contribution in [2.24, 2.45) is 0 Å². The number of rotatable bonds is 3. The Morgan fingerprint density at radius 1 is 1.30 bits per heavy atom. The topological polar surface area (TPSA) is 104 Å². The number of methoxy groups -OCH3 is 1. The Hall–Kier alpha value is -3.83. The molecule has 1 fully saturated rings. The molecule has 3 aromatic rings. The van der Waals surface area contributed by atoms with Crippen LogP contribution < -0.4 is 4.74 Å². The van der Waals surface area contributed by atoms with Crippen molar-refractivity contribution in [1.29, 1.82) is 0 Å². The van der Waals surface area contributed by atoms with E-state index in [2.05, 4.69) is 16.8 Å². The van der Waals surface area contributed by atoms with Gasteiger partial charge in [-0.3, -0.25) is 9.20 Å². The van der Waals surface area contributed by atoms with Crippen molar-refractivity contribution in [2.75, 3.05) is 20.7 Å². The van der Waals surface area contributed by atoms with Crippen LogP contribution in [0.3, 0.4) is 0 Å². The van der Waals surface area contributed by atoms with Crippen molar-refractivity contribution in [1.82, 2.24) is 14.3 Å². The number of ether oxygens (including phenoxy) is 1. The number of aromatic carboxylic acids is 1. The van der Waals surface area contributed by atoms with Crippen LogP contribution in [0.2, 0.25) is 0 Å². The van der Waals surface area contributed by atoms with Crippen LogP contribution in [0.4, 0.5) is 0 Å². The zero-order valence-corrected chi connectivity index (χ0v) is 16.4. The van der Waals surface area contributed by atoms with Crippen molar-refractivity contribution in [2.45, 2.75) is 12.0 Å². The molecule has 8 heteroatoms. The maximum Gasteiger partial charge on any atom is 0.372 e. The van der Waals surface area contributed by atoms with E-state index >= 15 is 0 Å². The van der Waals surface area contributed by atoms with Crippen LogP contribution in [0, 0.1) is 11.8 Å². The van der Waals surface area contributed by atoms with Crippen LogP contribution in [0.1, 0.15) is 22.6 Å². The van der Waals surface area contributed by atoms with Crippen LogP contribution in [0.5, 0.6) is 5.75 Å². The molecular weight excluding hydrogens is 386 g/mol. The summed E-state index contributed by atoms with van der Waals surface area (Å²) in [6.07, 6.45) is 1.82. The predicted molar refractivity (Wildman–Crippen MR) is 108 cm³/mol. The van der Waals surface area contributed by atoms with E-state index in [-0.39, 0.29) is 12.2 Å². The molecule has 0 spiro atoms. The molecule has 2 N–H and O–H groups in total. The summed E-state index contributed by atoms with van der Waals surface area (Å²) in [4.78, 5) is 29.5. The molecule has 1 aliphatic rings. The molecule has 0 saturated carbocycles. The van der Waals surface area contributed by atoms with Crippen LogP contribution in [0.25, 0.3) is 16.8 Å². The van der Waals surface area contributed by atoms with E-state index in [9.17, 15) is 19.8 Å². The Morgan fingerprint density at radius 2 is 2.10 bits per heavy atom. The highest BCUT2D eigenvalue weighted by Crippen LogP contribution is 2.28. The Kier molecular flexibility index (Phi) is 4.68. The SMILES string of the molecule is COc1ccc2c(-c3cccc(C#CC4(O)CCN(C)C4=O)c3)nc(C(=O)O)n2c1. The van der Waals surface area contributed by atoms with Gasteiger partial charge in [0.05, 0.1) is 24.5 Å². The van der Waals surface area contributed by atoms with Crippen LogP contribution in [-0.2, 0) is 4.79 Å². The van der Waals surface area contributed by atoms with E-state index in [1.807, 2.05) is 0 Å². The van der Waals surface area contributed by atoms with Crippen molar-refractivity contribution in [3.8, 4) is 28.8 Å². The number of likely N-dealkylation sites (N-methyl/N-ethyl adjacent to an activating group) is 1. The highest BCUT2D eigenvalue weighted by molar-refractivity contribution is 5.91. The number of carbonyl (C=O) groups is 2. The quantitative estimate of drug-likeness (QED) is 0.642. The molecule has 8 nitrogen and oxygen atoms in total. The monoisotopic (exact) mass is 405 g/mol. The third kappa shape index (κ3) is 3.25. The molecule has 1 saturated heterocycles. The number of hydrogen-bond acceptors (Lipinski definition) is 5. The Labute approximate surface area is 172 Å². The second-order valence-electron chi connectivity index (χ2n) is 7.08. The van der Waals surface area contributed by atoms with Crippen molar-refractivity contribution in [3.63, 3.8) is 0 Å². The van der Waals surface area contributed by atoms with Crippen LogP contribution in [0.15, 0.2) is 42.6 Å². The first kappa shape index (κ1) is 19.5. The second kappa shape index (κ2) is 7.21. The molecule has 1 aliphatic heterocycles. The Balaban J connectivity index is 1.77. The summed E-state index contributed by atoms with van der Waals surface area (Å²) in [6.45, 7) is 0.451. The van der Waals surface area contributed by atoms with Gasteiger partial charge in [-0.2, -0.15) is 0 Å². The van der Waals surface area contributed by atoms with Gasteiger partial charge in [-0.15, -0.1) is 0 Å². The van der Waals surface area contributed by atoms with Gasteiger partial charge in [0.15, 0.2) is 0 Å². The fraction of sp³-hybridized carbons (Fsp3) is 0.227. The largest absolute Gasteiger partial charge is 0.495 e. The van der Waals surface area contributed by atoms with E-state index in [1.165, 1.54) is 16.4 Å². The number of amides is 1. The number of carbonyl (C=O) groups excluding carboxylic acids is 1. The number of carboxylic acids is 1. The Morgan fingerprint density at radius 3 is 2.77 bits per heavy atom. The number of fused-ring (bicyclic) bond motifs is 1. The maximum absolute atomic E-state index is 12.1. The first-order valence-electron chi connectivity index (χ1n) is 9.23. The van der Waals surface area contributed by atoms with E-state index in [1.54, 1.807) is 49.6 Å². The fourth-order valence-electron chi connectivity index (χ4n) is 3.44. The van der Waals surface area contributed by atoms with Crippen molar-refractivity contribution >= 4 is 17.4 Å². The summed E-state index contributed by atoms with van der Waals surface area (Å²) in [5.74, 6) is 4.35. The van der Waals surface area contributed by atoms with Gasteiger partial charge in [0, 0.05) is 31.1 Å². The van der Waals surface area contributed by atoms with E-state index in [0.717, 1.165) is 0 Å². The molecule has 1 amide bonds. The molecule has 3 heterocycles. The number of aliphatic hydroxyl groups is 1. The summed E-state index contributed by atoms with van der Waals surface area (Å²) in [5, 5.41) is 20.0. The summed E-state index contributed by atoms with van der Waals surface area (Å²) in [6, 6.07) is 10.5. The number of aromatic nitrogens is 2. The zero-order chi connectivity index (χ0) is 21.5. The van der Waals surface area contributed by atoms with Gasteiger partial charge in [0.25, 0.3) is 5.91 Å². The molecule has 1 aromatic carbocycles. The van der Waals surface area contributed by atoms with Crippen LogP contribution in [-0.4, -0.2) is 62.7 Å². The minimum absolute atomic E-state index is 0.135. The van der Waals surface area contributed by atoms with E-state index < -0.39 is 17.5 Å². The first-order valence-corrected chi connectivity index (χ1v) is 9.23. The third-order valence-corrected chi connectivity index (χ3v) is 5.10. The standard InChI is InChI=1S/C22H19N3O5/c1-24-11-10-22(29,21(24)28)9-8-14-4-3-5-15(12-14)18-17-7-6-16(30-2)13-25(17)19(23-18)20(26)27/h3-7,12-13,29H,10-11H2,1-2H3,(H,26,27). The predicted octanol–water partition coefficient (Wildman–Crippen LogP) is 1.65. The molecule has 1 unspecified atom stereocenters. The molecule has 4 rings (SSSR count). The fourth-order valence-corrected chi connectivity index (χ4v) is 3.44. The number of nitrogens with zero attached hydrogens (tertiary/aromatic N) is 3. The molecule has 1 atom stereocenters. The Bertz CT molecular complexity index is 1240. The average Bonchev–Trinajstić information content (AvgIpc) is 3.26. The molecule has 152 valence electrons. The first-order chi connectivity index (χ1) is 14.3. The highest BCUT2D eigenvalue weighted by atomic mass is 16.5. The lowest BCUT2D eigenvalue weighted by Gasteiger charge is -2.13. The summed E-state index contributed by atoms with van der Waals surface area (Å²) < 4.78 is 6.65. The lowest BCUT2D eigenvalue weighted by molar-refractivity contribution is -0.137. The van der Waals surface area contributed by atoms with Gasteiger partial charge in [0.2, 0.25) is 11.4 Å².